The number of urea groups is 1. The van der Waals surface area contributed by atoms with Gasteiger partial charge in [-0.05, 0) is 110 Å². The van der Waals surface area contributed by atoms with Gasteiger partial charge in [0.15, 0.2) is 0 Å². The Hall–Kier alpha value is -5.66. The SMILES string of the molecule is C=C/C=C(\C1=C(C)[C@@H](Oc2cc(OCc3cc(C#N)cc(C#N)c3)c(CN3CC4(C3)NC(=O)NC4=O)cc2Cl)CC1)c1cccc(OCCCN2CCC(F)CC2)c1C. The first-order chi connectivity index (χ1) is 28.5. The van der Waals surface area contributed by atoms with E-state index in [9.17, 15) is 24.5 Å². The molecule has 7 rings (SSSR count). The summed E-state index contributed by atoms with van der Waals surface area (Å²) >= 11 is 6.95. The first-order valence-corrected chi connectivity index (χ1v) is 20.4. The molecule has 1 atom stereocenters. The number of carbonyl (C=O) groups excluding carboxylic acids is 2. The van der Waals surface area contributed by atoms with Crippen molar-refractivity contribution in [2.75, 3.05) is 39.3 Å². The third-order valence-electron chi connectivity index (χ3n) is 11.6. The average Bonchev–Trinajstić information content (AvgIpc) is 3.73. The number of allylic oxidation sites excluding steroid dienone is 4. The first-order valence-electron chi connectivity index (χ1n) is 20.0. The molecule has 306 valence electrons. The van der Waals surface area contributed by atoms with Gasteiger partial charge in [0, 0.05) is 50.9 Å². The summed E-state index contributed by atoms with van der Waals surface area (Å²) in [6.07, 6.45) is 6.45. The molecule has 0 bridgehead atoms. The zero-order chi connectivity index (χ0) is 41.7. The predicted octanol–water partition coefficient (Wildman–Crippen LogP) is 7.69. The lowest BCUT2D eigenvalue weighted by molar-refractivity contribution is -0.130. The number of alkyl halides is 1. The maximum atomic E-state index is 13.6. The highest BCUT2D eigenvalue weighted by atomic mass is 35.5. The lowest BCUT2D eigenvalue weighted by Crippen LogP contribution is -2.70. The van der Waals surface area contributed by atoms with Gasteiger partial charge < -0.3 is 24.4 Å². The summed E-state index contributed by atoms with van der Waals surface area (Å²) in [5.74, 6) is 1.42. The van der Waals surface area contributed by atoms with Crippen LogP contribution >= 0.6 is 11.6 Å². The van der Waals surface area contributed by atoms with Crippen LogP contribution in [0.5, 0.6) is 17.2 Å². The smallest absolute Gasteiger partial charge is 0.322 e. The van der Waals surface area contributed by atoms with Crippen LogP contribution in [0.15, 0.2) is 78.4 Å². The predicted molar refractivity (Wildman–Crippen MR) is 223 cm³/mol. The van der Waals surface area contributed by atoms with Crippen molar-refractivity contribution >= 4 is 29.1 Å². The van der Waals surface area contributed by atoms with Gasteiger partial charge >= 0.3 is 6.03 Å². The Morgan fingerprint density at radius 3 is 2.42 bits per heavy atom. The number of halogens is 2. The number of hydrogen-bond donors (Lipinski definition) is 2. The maximum absolute atomic E-state index is 13.6. The fourth-order valence-electron chi connectivity index (χ4n) is 8.47. The van der Waals surface area contributed by atoms with Crippen molar-refractivity contribution < 1.29 is 28.2 Å². The number of rotatable bonds is 15. The molecule has 3 aromatic carbocycles. The third-order valence-corrected chi connectivity index (χ3v) is 11.9. The van der Waals surface area contributed by atoms with E-state index in [1.54, 1.807) is 30.3 Å². The Kier molecular flexibility index (Phi) is 12.7. The fraction of sp³-hybridized carbons (Fsp3) is 0.391. The van der Waals surface area contributed by atoms with Crippen LogP contribution < -0.4 is 24.8 Å². The third kappa shape index (κ3) is 9.31. The summed E-state index contributed by atoms with van der Waals surface area (Å²) in [6.45, 7) is 12.3. The Bertz CT molecular complexity index is 2250. The number of imide groups is 1. The number of amides is 3. The van der Waals surface area contributed by atoms with Crippen LogP contribution in [-0.4, -0.2) is 78.9 Å². The van der Waals surface area contributed by atoms with E-state index < -0.39 is 17.7 Å². The summed E-state index contributed by atoms with van der Waals surface area (Å²) in [7, 11) is 0. The molecular formula is C46H48ClFN6O5. The van der Waals surface area contributed by atoms with Crippen molar-refractivity contribution in [2.45, 2.75) is 76.9 Å². The molecule has 3 fully saturated rings. The van der Waals surface area contributed by atoms with E-state index in [1.807, 2.05) is 23.1 Å². The van der Waals surface area contributed by atoms with E-state index in [4.69, 9.17) is 25.8 Å². The zero-order valence-electron chi connectivity index (χ0n) is 33.4. The second-order valence-electron chi connectivity index (χ2n) is 15.7. The van der Waals surface area contributed by atoms with Crippen molar-refractivity contribution in [3.05, 3.63) is 117 Å². The van der Waals surface area contributed by atoms with Gasteiger partial charge in [0.05, 0.1) is 34.9 Å². The molecule has 13 heteroatoms. The number of hydrogen-bond acceptors (Lipinski definition) is 9. The number of piperidine rings is 1. The van der Waals surface area contributed by atoms with E-state index in [2.05, 4.69) is 54.2 Å². The van der Waals surface area contributed by atoms with Gasteiger partial charge in [-0.25, -0.2) is 9.18 Å². The highest BCUT2D eigenvalue weighted by Crippen LogP contribution is 2.43. The second kappa shape index (κ2) is 18.1. The van der Waals surface area contributed by atoms with Gasteiger partial charge in [0.2, 0.25) is 0 Å². The number of ether oxygens (including phenoxy) is 3. The van der Waals surface area contributed by atoms with Crippen LogP contribution in [0.4, 0.5) is 9.18 Å². The molecule has 0 unspecified atom stereocenters. The maximum Gasteiger partial charge on any atom is 0.322 e. The molecular weight excluding hydrogens is 771 g/mol. The van der Waals surface area contributed by atoms with Crippen molar-refractivity contribution in [3.63, 3.8) is 0 Å². The molecule has 3 aromatic rings. The number of likely N-dealkylation sites (tertiary alicyclic amines) is 2. The first kappa shape index (κ1) is 41.5. The number of benzene rings is 3. The summed E-state index contributed by atoms with van der Waals surface area (Å²) in [4.78, 5) is 28.6. The molecule has 0 saturated carbocycles. The Morgan fingerprint density at radius 2 is 1.75 bits per heavy atom. The van der Waals surface area contributed by atoms with E-state index in [0.29, 0.717) is 72.3 Å². The van der Waals surface area contributed by atoms with E-state index in [0.717, 1.165) is 78.1 Å². The molecule has 0 radical (unpaired) electrons. The van der Waals surface area contributed by atoms with Crippen LogP contribution in [-0.2, 0) is 17.9 Å². The monoisotopic (exact) mass is 818 g/mol. The second-order valence-corrected chi connectivity index (χ2v) is 16.1. The Morgan fingerprint density at radius 1 is 1.00 bits per heavy atom. The van der Waals surface area contributed by atoms with Crippen LogP contribution in [0.2, 0.25) is 5.02 Å². The Balaban J connectivity index is 1.09. The van der Waals surface area contributed by atoms with Crippen LogP contribution in [0.25, 0.3) is 5.57 Å². The number of carbonyl (C=O) groups is 2. The molecule has 2 N–H and O–H groups in total. The molecule has 59 heavy (non-hydrogen) atoms. The molecule has 3 heterocycles. The quantitative estimate of drug-likeness (QED) is 0.0898. The lowest BCUT2D eigenvalue weighted by atomic mass is 9.89. The topological polar surface area (TPSA) is 140 Å². The number of nitrogens with zero attached hydrogens (tertiary/aromatic N) is 4. The minimum absolute atomic E-state index is 0.0737. The van der Waals surface area contributed by atoms with Gasteiger partial charge in [-0.2, -0.15) is 10.5 Å². The molecule has 11 nitrogen and oxygen atoms in total. The molecule has 3 saturated heterocycles. The van der Waals surface area contributed by atoms with Crippen molar-refractivity contribution in [1.29, 1.82) is 10.5 Å². The Labute approximate surface area is 349 Å². The van der Waals surface area contributed by atoms with Gasteiger partial charge in [0.25, 0.3) is 5.91 Å². The van der Waals surface area contributed by atoms with Crippen LogP contribution in [0.3, 0.4) is 0 Å². The molecule has 1 aliphatic carbocycles. The van der Waals surface area contributed by atoms with Crippen molar-refractivity contribution in [1.82, 2.24) is 20.4 Å². The van der Waals surface area contributed by atoms with Gasteiger partial charge in [0.1, 0.15) is 41.7 Å². The fourth-order valence-corrected chi connectivity index (χ4v) is 8.70. The van der Waals surface area contributed by atoms with Crippen LogP contribution in [0, 0.1) is 29.6 Å². The van der Waals surface area contributed by atoms with Gasteiger partial charge in [-0.1, -0.05) is 42.5 Å². The molecule has 4 aliphatic rings. The average molecular weight is 819 g/mol. The highest BCUT2D eigenvalue weighted by Gasteiger charge is 2.54. The normalized spacial score (nSPS) is 19.5. The zero-order valence-corrected chi connectivity index (χ0v) is 34.2. The molecule has 3 aliphatic heterocycles. The summed E-state index contributed by atoms with van der Waals surface area (Å²) < 4.78 is 32.9. The molecule has 3 amide bonds. The number of nitriles is 2. The minimum Gasteiger partial charge on any atom is -0.493 e. The number of nitrogens with one attached hydrogen (secondary N) is 2. The van der Waals surface area contributed by atoms with E-state index >= 15 is 0 Å². The van der Waals surface area contributed by atoms with Crippen molar-refractivity contribution in [3.8, 4) is 29.4 Å². The molecule has 1 spiro atoms. The van der Waals surface area contributed by atoms with Gasteiger partial charge in [-0.3, -0.25) is 15.0 Å². The summed E-state index contributed by atoms with van der Waals surface area (Å²) in [5, 5.41) is 24.5. The van der Waals surface area contributed by atoms with Gasteiger partial charge in [-0.15, -0.1) is 0 Å². The largest absolute Gasteiger partial charge is 0.493 e. The summed E-state index contributed by atoms with van der Waals surface area (Å²) in [5.41, 5.74) is 6.53. The van der Waals surface area contributed by atoms with Crippen LogP contribution in [0.1, 0.15) is 72.4 Å². The highest BCUT2D eigenvalue weighted by molar-refractivity contribution is 6.32. The van der Waals surface area contributed by atoms with E-state index in [1.165, 1.54) is 6.07 Å². The lowest BCUT2D eigenvalue weighted by Gasteiger charge is -2.45. The molecule has 0 aromatic heterocycles. The summed E-state index contributed by atoms with van der Waals surface area (Å²) in [6, 6.07) is 18.3. The van der Waals surface area contributed by atoms with Crippen molar-refractivity contribution in [2.24, 2.45) is 0 Å². The standard InChI is InChI=1S/C46H48ClFN6O5/c1-4-7-38(36-8-5-9-40(29(36)2)57-17-6-14-53-15-12-35(48)13-16-53)37-10-11-41(30(37)3)59-43-22-42(58-26-33-19-31(23-49)18-32(20-33)24-50)34(21-39(43)47)25-54-27-46(28-54)44(55)51-45(56)52-46/h4-5,7-9,18-22,35,41H,1,6,10-17,25-28H2,2-3H3,(H2,51,52,55,56)/b38-7-/t41-/m0/s1. The van der Waals surface area contributed by atoms with E-state index in [-0.39, 0.29) is 18.6 Å². The minimum atomic E-state index is -0.956.